The second-order valence-corrected chi connectivity index (χ2v) is 2.99. The Bertz CT molecular complexity index is 416. The summed E-state index contributed by atoms with van der Waals surface area (Å²) in [6.45, 7) is 0. The first kappa shape index (κ1) is 12.1. The number of rotatable bonds is 4. The lowest BCUT2D eigenvalue weighted by Gasteiger charge is -2.13. The maximum Gasteiger partial charge on any atom is 0.308 e. The average Bonchev–Trinajstić information content (AvgIpc) is 2.23. The molecule has 0 aliphatic heterocycles. The first-order valence-electron chi connectivity index (χ1n) is 4.35. The molecular weight excluding hydrogens is 219 g/mol. The van der Waals surface area contributed by atoms with E-state index in [0.29, 0.717) is 0 Å². The third-order valence-electron chi connectivity index (χ3n) is 2.02. The number of phenolic OH excluding ortho intramolecular Hbond substituents is 1. The van der Waals surface area contributed by atoms with Gasteiger partial charge in [-0.25, -0.2) is 4.39 Å². The van der Waals surface area contributed by atoms with Crippen LogP contribution in [-0.4, -0.2) is 30.4 Å². The normalized spacial score (nSPS) is 9.94. The molecule has 88 valence electrons. The zero-order valence-corrected chi connectivity index (χ0v) is 8.78. The van der Waals surface area contributed by atoms with Gasteiger partial charge in [0.1, 0.15) is 0 Å². The number of hydrogen-bond acceptors (Lipinski definition) is 4. The number of aliphatic carboxylic acids is 1. The van der Waals surface area contributed by atoms with Crippen molar-refractivity contribution in [3.05, 3.63) is 17.4 Å². The van der Waals surface area contributed by atoms with Crippen molar-refractivity contribution in [1.29, 1.82) is 0 Å². The van der Waals surface area contributed by atoms with E-state index in [-0.39, 0.29) is 17.1 Å². The molecule has 0 heterocycles. The minimum Gasteiger partial charge on any atom is -0.505 e. The van der Waals surface area contributed by atoms with Crippen LogP contribution in [0.2, 0.25) is 0 Å². The smallest absolute Gasteiger partial charge is 0.308 e. The van der Waals surface area contributed by atoms with E-state index in [1.165, 1.54) is 14.2 Å². The van der Waals surface area contributed by atoms with Crippen molar-refractivity contribution in [3.63, 3.8) is 0 Å². The Kier molecular flexibility index (Phi) is 3.55. The number of phenols is 1. The fourth-order valence-electron chi connectivity index (χ4n) is 1.34. The molecule has 0 atom stereocenters. The van der Waals surface area contributed by atoms with Gasteiger partial charge in [-0.3, -0.25) is 4.79 Å². The zero-order valence-electron chi connectivity index (χ0n) is 8.78. The molecule has 0 saturated carbocycles. The van der Waals surface area contributed by atoms with Gasteiger partial charge in [-0.05, 0) is 0 Å². The van der Waals surface area contributed by atoms with E-state index in [4.69, 9.17) is 14.6 Å². The van der Waals surface area contributed by atoms with Crippen molar-refractivity contribution in [1.82, 2.24) is 0 Å². The molecule has 2 N–H and O–H groups in total. The Morgan fingerprint density at radius 3 is 2.50 bits per heavy atom. The van der Waals surface area contributed by atoms with Gasteiger partial charge in [0, 0.05) is 6.07 Å². The standard InChI is InChI=1S/C10H11FO5/c1-15-7-4-6(11)9(14)5(3-8(12)13)10(7)16-2/h4,14H,3H2,1-2H3,(H,12,13). The van der Waals surface area contributed by atoms with Crippen molar-refractivity contribution in [2.45, 2.75) is 6.42 Å². The van der Waals surface area contributed by atoms with Gasteiger partial charge in [-0.1, -0.05) is 0 Å². The van der Waals surface area contributed by atoms with Crippen molar-refractivity contribution >= 4 is 5.97 Å². The topological polar surface area (TPSA) is 76.0 Å². The highest BCUT2D eigenvalue weighted by Gasteiger charge is 2.21. The summed E-state index contributed by atoms with van der Waals surface area (Å²) in [5.41, 5.74) is -0.146. The lowest BCUT2D eigenvalue weighted by molar-refractivity contribution is -0.136. The molecule has 0 spiro atoms. The highest BCUT2D eigenvalue weighted by molar-refractivity contribution is 5.74. The van der Waals surface area contributed by atoms with Crippen LogP contribution < -0.4 is 9.47 Å². The summed E-state index contributed by atoms with van der Waals surface area (Å²) in [7, 11) is 2.57. The highest BCUT2D eigenvalue weighted by atomic mass is 19.1. The number of carbonyl (C=O) groups is 1. The molecule has 0 saturated heterocycles. The number of carboxylic acids is 1. The van der Waals surface area contributed by atoms with Gasteiger partial charge in [0.2, 0.25) is 0 Å². The Labute approximate surface area is 91.0 Å². The van der Waals surface area contributed by atoms with Crippen LogP contribution in [0.3, 0.4) is 0 Å². The summed E-state index contributed by atoms with van der Waals surface area (Å²) in [6.07, 6.45) is -0.552. The minimum atomic E-state index is -1.21. The Morgan fingerprint density at radius 2 is 2.06 bits per heavy atom. The predicted octanol–water partition coefficient (Wildman–Crippen LogP) is 1.18. The van der Waals surface area contributed by atoms with Crippen LogP contribution >= 0.6 is 0 Å². The van der Waals surface area contributed by atoms with E-state index in [9.17, 15) is 14.3 Å². The number of hydrogen-bond donors (Lipinski definition) is 2. The summed E-state index contributed by atoms with van der Waals surface area (Å²) in [5.74, 6) is -2.84. The molecule has 0 fully saturated rings. The quantitative estimate of drug-likeness (QED) is 0.812. The molecule has 1 rings (SSSR count). The van der Waals surface area contributed by atoms with Gasteiger partial charge in [-0.2, -0.15) is 0 Å². The number of halogens is 1. The van der Waals surface area contributed by atoms with Gasteiger partial charge in [0.05, 0.1) is 26.2 Å². The number of carboxylic acid groups (broad SMARTS) is 1. The van der Waals surface area contributed by atoms with E-state index >= 15 is 0 Å². The maximum absolute atomic E-state index is 13.2. The van der Waals surface area contributed by atoms with Crippen LogP contribution in [0.1, 0.15) is 5.56 Å². The number of ether oxygens (including phenoxy) is 2. The number of aromatic hydroxyl groups is 1. The maximum atomic E-state index is 13.2. The van der Waals surface area contributed by atoms with Crippen LogP contribution in [0.5, 0.6) is 17.2 Å². The molecule has 16 heavy (non-hydrogen) atoms. The van der Waals surface area contributed by atoms with Crippen LogP contribution in [0.15, 0.2) is 6.07 Å². The third-order valence-corrected chi connectivity index (χ3v) is 2.02. The first-order chi connectivity index (χ1) is 7.51. The van der Waals surface area contributed by atoms with Crippen LogP contribution in [0.4, 0.5) is 4.39 Å². The van der Waals surface area contributed by atoms with E-state index in [0.717, 1.165) is 6.07 Å². The van der Waals surface area contributed by atoms with Crippen molar-refractivity contribution < 1.29 is 28.9 Å². The SMILES string of the molecule is COc1cc(F)c(O)c(CC(=O)O)c1OC. The number of benzene rings is 1. The van der Waals surface area contributed by atoms with Crippen LogP contribution in [0, 0.1) is 5.82 Å². The summed E-state index contributed by atoms with van der Waals surface area (Å²) in [6, 6.07) is 0.930. The molecule has 0 unspecified atom stereocenters. The Hall–Kier alpha value is -1.98. The van der Waals surface area contributed by atoms with Gasteiger partial charge in [-0.15, -0.1) is 0 Å². The molecule has 0 radical (unpaired) electrons. The summed E-state index contributed by atoms with van der Waals surface area (Å²) >= 11 is 0. The molecule has 0 bridgehead atoms. The highest BCUT2D eigenvalue weighted by Crippen LogP contribution is 2.39. The van der Waals surface area contributed by atoms with E-state index in [1.807, 2.05) is 0 Å². The molecule has 0 aromatic heterocycles. The predicted molar refractivity (Wildman–Crippen MR) is 52.5 cm³/mol. The lowest BCUT2D eigenvalue weighted by Crippen LogP contribution is -2.05. The van der Waals surface area contributed by atoms with Crippen LogP contribution in [0.25, 0.3) is 0 Å². The average molecular weight is 230 g/mol. The molecule has 1 aromatic carbocycles. The van der Waals surface area contributed by atoms with Crippen molar-refractivity contribution in [2.75, 3.05) is 14.2 Å². The second-order valence-electron chi connectivity index (χ2n) is 2.99. The molecule has 1 aromatic rings. The zero-order chi connectivity index (χ0) is 12.3. The van der Waals surface area contributed by atoms with E-state index in [2.05, 4.69) is 0 Å². The molecule has 5 nitrogen and oxygen atoms in total. The Morgan fingerprint density at radius 1 is 1.44 bits per heavy atom. The Balaban J connectivity index is 3.40. The monoisotopic (exact) mass is 230 g/mol. The number of methoxy groups -OCH3 is 2. The summed E-state index contributed by atoms with van der Waals surface area (Å²) in [4.78, 5) is 10.6. The first-order valence-corrected chi connectivity index (χ1v) is 4.35. The lowest BCUT2D eigenvalue weighted by atomic mass is 10.1. The molecule has 0 aliphatic rings. The fourth-order valence-corrected chi connectivity index (χ4v) is 1.34. The summed E-state index contributed by atoms with van der Waals surface area (Å²) < 4.78 is 22.9. The fraction of sp³-hybridized carbons (Fsp3) is 0.300. The van der Waals surface area contributed by atoms with E-state index in [1.54, 1.807) is 0 Å². The van der Waals surface area contributed by atoms with Crippen molar-refractivity contribution in [3.8, 4) is 17.2 Å². The largest absolute Gasteiger partial charge is 0.505 e. The van der Waals surface area contributed by atoms with E-state index < -0.39 is 24.0 Å². The third kappa shape index (κ3) is 2.16. The molecule has 0 amide bonds. The minimum absolute atomic E-state index is 0.0174. The summed E-state index contributed by atoms with van der Waals surface area (Å²) in [5, 5.41) is 18.0. The van der Waals surface area contributed by atoms with Crippen LogP contribution in [-0.2, 0) is 11.2 Å². The van der Waals surface area contributed by atoms with Gasteiger partial charge in [0.25, 0.3) is 0 Å². The molecular formula is C10H11FO5. The van der Waals surface area contributed by atoms with Gasteiger partial charge < -0.3 is 19.7 Å². The second kappa shape index (κ2) is 4.69. The van der Waals surface area contributed by atoms with Gasteiger partial charge in [0.15, 0.2) is 23.1 Å². The van der Waals surface area contributed by atoms with Crippen molar-refractivity contribution in [2.24, 2.45) is 0 Å². The molecule has 6 heteroatoms. The van der Waals surface area contributed by atoms with Gasteiger partial charge >= 0.3 is 5.97 Å². The molecule has 0 aliphatic carbocycles.